The largest absolute Gasteiger partial charge is 0.493 e. The first-order valence-electron chi connectivity index (χ1n) is 12.0. The van der Waals surface area contributed by atoms with Crippen LogP contribution in [-0.2, 0) is 23.9 Å². The van der Waals surface area contributed by atoms with Crippen LogP contribution in [0.4, 0.5) is 13.2 Å². The number of halogens is 4. The van der Waals surface area contributed by atoms with Gasteiger partial charge in [-0.1, -0.05) is 23.7 Å². The molecule has 0 saturated carbocycles. The van der Waals surface area contributed by atoms with E-state index in [1.54, 1.807) is 24.3 Å². The number of carboxylic acids is 1. The fourth-order valence-corrected chi connectivity index (χ4v) is 6.52. The van der Waals surface area contributed by atoms with E-state index < -0.39 is 28.5 Å². The summed E-state index contributed by atoms with van der Waals surface area (Å²) >= 11 is 7.75. The molecule has 0 amide bonds. The number of alkyl halides is 3. The zero-order valence-corrected chi connectivity index (χ0v) is 22.8. The quantitative estimate of drug-likeness (QED) is 0.275. The van der Waals surface area contributed by atoms with Gasteiger partial charge in [-0.3, -0.25) is 14.0 Å². The summed E-state index contributed by atoms with van der Waals surface area (Å²) in [6.45, 7) is 0.237. The molecule has 0 unspecified atom stereocenters. The molecule has 2 aromatic heterocycles. The molecule has 1 aliphatic rings. The molecule has 14 heteroatoms. The number of aromatic nitrogens is 5. The number of aryl methyl sites for hydroxylation is 1. The second-order valence-corrected chi connectivity index (χ2v) is 10.7. The first kappa shape index (κ1) is 27.8. The molecule has 9 nitrogen and oxygen atoms in total. The first-order chi connectivity index (χ1) is 19.1. The van der Waals surface area contributed by atoms with Crippen molar-refractivity contribution in [3.63, 3.8) is 0 Å². The van der Waals surface area contributed by atoms with Gasteiger partial charge in [0, 0.05) is 29.0 Å². The van der Waals surface area contributed by atoms with Gasteiger partial charge in [0.05, 0.1) is 36.8 Å². The van der Waals surface area contributed by atoms with Crippen LogP contribution >= 0.6 is 23.4 Å². The van der Waals surface area contributed by atoms with Crippen LogP contribution in [-0.4, -0.2) is 49.8 Å². The number of thioether (sulfide) groups is 1. The number of rotatable bonds is 8. The molecule has 0 radical (unpaired) electrons. The monoisotopic (exact) mass is 593 g/mol. The highest BCUT2D eigenvalue weighted by Gasteiger charge is 2.43. The summed E-state index contributed by atoms with van der Waals surface area (Å²) in [6.07, 6.45) is -3.24. The van der Waals surface area contributed by atoms with E-state index in [1.165, 1.54) is 49.0 Å². The van der Waals surface area contributed by atoms with Crippen LogP contribution in [0.5, 0.6) is 11.5 Å². The van der Waals surface area contributed by atoms with Crippen molar-refractivity contribution in [3.05, 3.63) is 82.2 Å². The minimum Gasteiger partial charge on any atom is -0.493 e. The standard InChI is InChI=1S/C26H23ClF3N5O4S/c1-38-19-5-3-4-16(22(19)39-2)23-17-12-14(27)6-7-18(17)35-24(32-33-25(35)26(28,29)30)20(40-23)9-11-34-15(8-10-31-34)13-21(36)37/h3-8,10,12,20,23H,9,11,13H2,1-2H3,(H,36,37)/t20-,23-/m1/s1. The molecule has 2 aromatic carbocycles. The molecule has 0 saturated heterocycles. The summed E-state index contributed by atoms with van der Waals surface area (Å²) in [6, 6.07) is 11.6. The highest BCUT2D eigenvalue weighted by molar-refractivity contribution is 8.00. The highest BCUT2D eigenvalue weighted by Crippen LogP contribution is 2.54. The van der Waals surface area contributed by atoms with Gasteiger partial charge in [-0.05, 0) is 42.3 Å². The molecule has 4 aromatic rings. The van der Waals surface area contributed by atoms with Gasteiger partial charge in [-0.25, -0.2) is 0 Å². The normalized spacial score (nSPS) is 16.6. The van der Waals surface area contributed by atoms with Gasteiger partial charge >= 0.3 is 12.1 Å². The molecule has 1 N–H and O–H groups in total. The molecule has 0 spiro atoms. The maximum atomic E-state index is 14.2. The lowest BCUT2D eigenvalue weighted by molar-refractivity contribution is -0.146. The van der Waals surface area contributed by atoms with Crippen LogP contribution < -0.4 is 9.47 Å². The number of aliphatic carboxylic acids is 1. The Balaban J connectivity index is 1.67. The minimum atomic E-state index is -4.78. The second kappa shape index (κ2) is 11.0. The van der Waals surface area contributed by atoms with Crippen molar-refractivity contribution in [3.8, 4) is 17.2 Å². The molecule has 3 heterocycles. The van der Waals surface area contributed by atoms with Crippen molar-refractivity contribution >= 4 is 29.3 Å². The predicted molar refractivity (Wildman–Crippen MR) is 141 cm³/mol. The van der Waals surface area contributed by atoms with Crippen LogP contribution in [0.2, 0.25) is 5.02 Å². The van der Waals surface area contributed by atoms with E-state index in [-0.39, 0.29) is 30.9 Å². The van der Waals surface area contributed by atoms with Crippen molar-refractivity contribution in [2.45, 2.75) is 36.1 Å². The number of methoxy groups -OCH3 is 2. The summed E-state index contributed by atoms with van der Waals surface area (Å²) in [7, 11) is 3.00. The average Bonchev–Trinajstić information content (AvgIpc) is 3.52. The summed E-state index contributed by atoms with van der Waals surface area (Å²) in [5.41, 5.74) is 1.92. The summed E-state index contributed by atoms with van der Waals surface area (Å²) < 4.78 is 56.4. The number of hydrogen-bond acceptors (Lipinski definition) is 7. The Hall–Kier alpha value is -3.71. The van der Waals surface area contributed by atoms with Crippen LogP contribution in [0.25, 0.3) is 5.69 Å². The van der Waals surface area contributed by atoms with Gasteiger partial charge in [-0.2, -0.15) is 18.3 Å². The van der Waals surface area contributed by atoms with Gasteiger partial charge in [-0.15, -0.1) is 22.0 Å². The smallest absolute Gasteiger partial charge is 0.452 e. The number of hydrogen-bond donors (Lipinski definition) is 1. The van der Waals surface area contributed by atoms with E-state index in [4.69, 9.17) is 21.1 Å². The number of nitrogens with zero attached hydrogens (tertiary/aromatic N) is 5. The topological polar surface area (TPSA) is 104 Å². The lowest BCUT2D eigenvalue weighted by Crippen LogP contribution is -2.17. The third-order valence-electron chi connectivity index (χ3n) is 6.50. The maximum Gasteiger partial charge on any atom is 0.452 e. The molecule has 2 atom stereocenters. The molecule has 40 heavy (non-hydrogen) atoms. The van der Waals surface area contributed by atoms with Crippen molar-refractivity contribution < 1.29 is 32.5 Å². The lowest BCUT2D eigenvalue weighted by Gasteiger charge is -2.24. The SMILES string of the molecule is COc1cccc([C@H]2S[C@H](CCn3nccc3CC(=O)O)c3nnc(C(F)(F)F)n3-c3ccc(Cl)cc32)c1OC. The number of carboxylic acid groups (broad SMARTS) is 1. The minimum absolute atomic E-state index is 0.109. The van der Waals surface area contributed by atoms with E-state index in [2.05, 4.69) is 15.3 Å². The van der Waals surface area contributed by atoms with Crippen molar-refractivity contribution in [2.24, 2.45) is 0 Å². The van der Waals surface area contributed by atoms with Gasteiger partial charge < -0.3 is 14.6 Å². The van der Waals surface area contributed by atoms with Crippen LogP contribution in [0, 0.1) is 0 Å². The first-order valence-corrected chi connectivity index (χ1v) is 13.4. The zero-order valence-electron chi connectivity index (χ0n) is 21.2. The second-order valence-electron chi connectivity index (χ2n) is 8.91. The number of para-hydroxylation sites is 1. The molecule has 0 aliphatic carbocycles. The molecular weight excluding hydrogens is 571 g/mol. The highest BCUT2D eigenvalue weighted by atomic mass is 35.5. The Morgan fingerprint density at radius 1 is 1.12 bits per heavy atom. The number of fused-ring (bicyclic) bond motifs is 3. The predicted octanol–water partition coefficient (Wildman–Crippen LogP) is 5.75. The summed E-state index contributed by atoms with van der Waals surface area (Å²) in [5.74, 6) is -1.15. The number of ether oxygens (including phenoxy) is 2. The van der Waals surface area contributed by atoms with Crippen molar-refractivity contribution in [2.75, 3.05) is 14.2 Å². The Kier molecular flexibility index (Phi) is 7.69. The number of benzene rings is 2. The Morgan fingerprint density at radius 3 is 2.62 bits per heavy atom. The van der Waals surface area contributed by atoms with E-state index >= 15 is 0 Å². The molecule has 0 bridgehead atoms. The Bertz CT molecular complexity index is 1560. The maximum absolute atomic E-state index is 14.2. The fraction of sp³-hybridized carbons (Fsp3) is 0.308. The average molecular weight is 594 g/mol. The van der Waals surface area contributed by atoms with E-state index in [0.717, 1.165) is 4.57 Å². The zero-order chi connectivity index (χ0) is 28.6. The molecule has 1 aliphatic heterocycles. The fourth-order valence-electron chi connectivity index (χ4n) is 4.83. The van der Waals surface area contributed by atoms with Gasteiger partial charge in [0.15, 0.2) is 17.3 Å². The van der Waals surface area contributed by atoms with Crippen molar-refractivity contribution in [1.29, 1.82) is 0 Å². The number of carbonyl (C=O) groups is 1. The van der Waals surface area contributed by atoms with Crippen LogP contribution in [0.15, 0.2) is 48.7 Å². The lowest BCUT2D eigenvalue weighted by atomic mass is 10.0. The van der Waals surface area contributed by atoms with Gasteiger partial charge in [0.2, 0.25) is 5.82 Å². The molecule has 210 valence electrons. The van der Waals surface area contributed by atoms with E-state index in [9.17, 15) is 23.1 Å². The van der Waals surface area contributed by atoms with E-state index in [1.807, 2.05) is 6.07 Å². The molecule has 0 fully saturated rings. The Morgan fingerprint density at radius 2 is 1.93 bits per heavy atom. The third-order valence-corrected chi connectivity index (χ3v) is 8.29. The summed E-state index contributed by atoms with van der Waals surface area (Å²) in [4.78, 5) is 11.3. The third kappa shape index (κ3) is 5.22. The van der Waals surface area contributed by atoms with Gasteiger partial charge in [0.25, 0.3) is 0 Å². The van der Waals surface area contributed by atoms with Crippen LogP contribution in [0.3, 0.4) is 0 Å². The van der Waals surface area contributed by atoms with E-state index in [0.29, 0.717) is 33.3 Å². The molecule has 5 rings (SSSR count). The Labute approximate surface area is 235 Å². The molecular formula is C26H23ClF3N5O4S. The summed E-state index contributed by atoms with van der Waals surface area (Å²) in [5, 5.41) is 20.2. The van der Waals surface area contributed by atoms with Gasteiger partial charge in [0.1, 0.15) is 0 Å². The van der Waals surface area contributed by atoms with Crippen molar-refractivity contribution in [1.82, 2.24) is 24.5 Å². The van der Waals surface area contributed by atoms with Crippen LogP contribution in [0.1, 0.15) is 45.4 Å².